The number of carbonyl (C=O) groups is 1. The average molecular weight is 396 g/mol. The number of hydrogen-bond donors (Lipinski definition) is 1. The minimum absolute atomic E-state index is 0.195. The van der Waals surface area contributed by atoms with Crippen molar-refractivity contribution in [1.82, 2.24) is 4.90 Å². The summed E-state index contributed by atoms with van der Waals surface area (Å²) in [7, 11) is -3.54. The molecule has 1 heterocycles. The molecule has 10 heteroatoms. The van der Waals surface area contributed by atoms with Crippen LogP contribution >= 0.6 is 0 Å². The zero-order chi connectivity index (χ0) is 19.4. The Bertz CT molecular complexity index is 933. The van der Waals surface area contributed by atoms with Crippen LogP contribution in [0, 0.1) is 0 Å². The summed E-state index contributed by atoms with van der Waals surface area (Å²) in [4.78, 5) is 14.1. The maximum Gasteiger partial charge on any atom is 0.488 e. The van der Waals surface area contributed by atoms with Crippen molar-refractivity contribution in [3.05, 3.63) is 48.0 Å². The lowest BCUT2D eigenvalue weighted by Crippen LogP contribution is -2.36. The monoisotopic (exact) mass is 396 g/mol. The smallest absolute Gasteiger partial charge is 0.488 e. The van der Waals surface area contributed by atoms with Crippen LogP contribution in [-0.2, 0) is 17.0 Å². The number of para-hydroxylation sites is 1. The minimum atomic E-state index is -5.09. The van der Waals surface area contributed by atoms with Crippen LogP contribution in [-0.4, -0.2) is 39.6 Å². The van der Waals surface area contributed by atoms with E-state index in [-0.39, 0.29) is 11.8 Å². The summed E-state index contributed by atoms with van der Waals surface area (Å²) in [6.45, 7) is 1.01. The summed E-state index contributed by atoms with van der Waals surface area (Å²) < 4.78 is 48.5. The molecule has 0 unspecified atom stereocenters. The Labute approximate surface area is 155 Å². The number of hydrogen-bond acceptors (Lipinski definition) is 6. The van der Waals surface area contributed by atoms with Crippen molar-refractivity contribution in [3.63, 3.8) is 0 Å². The van der Waals surface area contributed by atoms with Gasteiger partial charge in [0.25, 0.3) is 0 Å². The second kappa shape index (κ2) is 7.70. The van der Waals surface area contributed by atoms with Crippen molar-refractivity contribution < 1.29 is 30.8 Å². The topological polar surface area (TPSA) is 94.2 Å². The molecule has 8 nitrogen and oxygen atoms in total. The molecule has 144 valence electrons. The van der Waals surface area contributed by atoms with Crippen molar-refractivity contribution in [3.8, 4) is 17.2 Å². The Morgan fingerprint density at radius 2 is 1.96 bits per heavy atom. The van der Waals surface area contributed by atoms with Gasteiger partial charge in [-0.2, -0.15) is 8.42 Å². The molecule has 27 heavy (non-hydrogen) atoms. The number of carbonyl (C=O) groups excluding carboxylic acids is 1. The maximum atomic E-state index is 12.5. The van der Waals surface area contributed by atoms with Gasteiger partial charge in [0.2, 0.25) is 0 Å². The summed E-state index contributed by atoms with van der Waals surface area (Å²) in [5.74, 6) is 1.03. The molecule has 0 atom stereocenters. The Hall–Kier alpha value is -3.01. The normalized spacial score (nSPS) is 13.8. The van der Waals surface area contributed by atoms with E-state index < -0.39 is 10.5 Å². The minimum Gasteiger partial charge on any atom is -0.493 e. The molecular formula is C17H17FN2O6S. The van der Waals surface area contributed by atoms with Gasteiger partial charge >= 0.3 is 16.5 Å². The standard InChI is InChI=1S/C17H17FN2O6S/c1-24-15-4-2-3-12-11-20(9-10-25-16(12)15)17(21)19-13-5-7-14(8-6-13)26-27(18,22)23/h2-8H,9-11H2,1H3,(H,19,21). The Morgan fingerprint density at radius 3 is 2.63 bits per heavy atom. The third kappa shape index (κ3) is 4.79. The highest BCUT2D eigenvalue weighted by molar-refractivity contribution is 7.81. The number of nitrogens with zero attached hydrogens (tertiary/aromatic N) is 1. The summed E-state index contributed by atoms with van der Waals surface area (Å²) in [5.41, 5.74) is 1.22. The van der Waals surface area contributed by atoms with E-state index in [4.69, 9.17) is 9.47 Å². The quantitative estimate of drug-likeness (QED) is 0.799. The lowest BCUT2D eigenvalue weighted by Gasteiger charge is -2.20. The number of halogens is 1. The van der Waals surface area contributed by atoms with Crippen molar-refractivity contribution in [2.24, 2.45) is 0 Å². The molecule has 3 rings (SSSR count). The molecule has 0 radical (unpaired) electrons. The number of amides is 2. The maximum absolute atomic E-state index is 12.5. The Kier molecular flexibility index (Phi) is 5.36. The van der Waals surface area contributed by atoms with Crippen LogP contribution in [0.25, 0.3) is 0 Å². The van der Waals surface area contributed by atoms with Gasteiger partial charge in [0.1, 0.15) is 12.4 Å². The van der Waals surface area contributed by atoms with E-state index in [1.807, 2.05) is 12.1 Å². The molecular weight excluding hydrogens is 379 g/mol. The van der Waals surface area contributed by atoms with Crippen molar-refractivity contribution in [1.29, 1.82) is 0 Å². The Balaban J connectivity index is 1.69. The van der Waals surface area contributed by atoms with E-state index in [0.717, 1.165) is 5.56 Å². The second-order valence-electron chi connectivity index (χ2n) is 5.65. The highest BCUT2D eigenvalue weighted by Crippen LogP contribution is 2.33. The highest BCUT2D eigenvalue weighted by atomic mass is 32.3. The molecule has 1 N–H and O–H groups in total. The number of urea groups is 1. The van der Waals surface area contributed by atoms with Crippen LogP contribution in [0.15, 0.2) is 42.5 Å². The van der Waals surface area contributed by atoms with Gasteiger partial charge in [-0.3, -0.25) is 0 Å². The summed E-state index contributed by atoms with van der Waals surface area (Å²) in [6.07, 6.45) is 0. The van der Waals surface area contributed by atoms with Gasteiger partial charge in [0.05, 0.1) is 20.2 Å². The lowest BCUT2D eigenvalue weighted by molar-refractivity contribution is 0.200. The molecule has 0 saturated heterocycles. The number of methoxy groups -OCH3 is 1. The lowest BCUT2D eigenvalue weighted by atomic mass is 10.2. The van der Waals surface area contributed by atoms with Crippen LogP contribution in [0.2, 0.25) is 0 Å². The van der Waals surface area contributed by atoms with Crippen molar-refractivity contribution in [2.75, 3.05) is 25.6 Å². The first kappa shape index (κ1) is 18.8. The number of benzene rings is 2. The van der Waals surface area contributed by atoms with E-state index in [2.05, 4.69) is 9.50 Å². The Morgan fingerprint density at radius 1 is 1.22 bits per heavy atom. The average Bonchev–Trinajstić information content (AvgIpc) is 2.84. The summed E-state index contributed by atoms with van der Waals surface area (Å²) in [6, 6.07) is 10.4. The van der Waals surface area contributed by atoms with Crippen LogP contribution in [0.3, 0.4) is 0 Å². The van der Waals surface area contributed by atoms with E-state index in [1.165, 1.54) is 24.3 Å². The van der Waals surface area contributed by atoms with Crippen LogP contribution in [0.1, 0.15) is 5.56 Å². The number of nitrogens with one attached hydrogen (secondary N) is 1. The fourth-order valence-corrected chi connectivity index (χ4v) is 2.98. The predicted molar refractivity (Wildman–Crippen MR) is 95.0 cm³/mol. The molecule has 0 bridgehead atoms. The predicted octanol–water partition coefficient (Wildman–Crippen LogP) is 2.71. The van der Waals surface area contributed by atoms with E-state index in [9.17, 15) is 17.1 Å². The van der Waals surface area contributed by atoms with Gasteiger partial charge in [-0.1, -0.05) is 16.0 Å². The molecule has 2 aromatic rings. The van der Waals surface area contributed by atoms with Crippen molar-refractivity contribution >= 4 is 22.2 Å². The SMILES string of the molecule is COc1cccc2c1OCCN(C(=O)Nc1ccc(OS(=O)(=O)F)cc1)C2. The van der Waals surface area contributed by atoms with Gasteiger partial charge in [-0.05, 0) is 30.3 Å². The van der Waals surface area contributed by atoms with E-state index in [1.54, 1.807) is 18.1 Å². The molecule has 1 aliphatic heterocycles. The molecule has 0 fully saturated rings. The van der Waals surface area contributed by atoms with Crippen molar-refractivity contribution in [2.45, 2.75) is 6.54 Å². The van der Waals surface area contributed by atoms with Gasteiger partial charge in [-0.25, -0.2) is 4.79 Å². The first-order chi connectivity index (χ1) is 12.9. The largest absolute Gasteiger partial charge is 0.493 e. The number of fused-ring (bicyclic) bond motifs is 1. The van der Waals surface area contributed by atoms with Crippen LogP contribution in [0.5, 0.6) is 17.2 Å². The third-order valence-corrected chi connectivity index (χ3v) is 4.23. The van der Waals surface area contributed by atoms with Crippen LogP contribution < -0.4 is 19.0 Å². The summed E-state index contributed by atoms with van der Waals surface area (Å²) in [5, 5.41) is 2.69. The molecule has 0 spiro atoms. The molecule has 0 aliphatic carbocycles. The second-order valence-corrected chi connectivity index (χ2v) is 6.60. The third-order valence-electron chi connectivity index (χ3n) is 3.84. The molecule has 2 aromatic carbocycles. The number of ether oxygens (including phenoxy) is 2. The van der Waals surface area contributed by atoms with E-state index >= 15 is 0 Å². The zero-order valence-corrected chi connectivity index (χ0v) is 15.2. The number of rotatable bonds is 4. The zero-order valence-electron chi connectivity index (χ0n) is 14.3. The molecule has 1 aliphatic rings. The highest BCUT2D eigenvalue weighted by Gasteiger charge is 2.22. The fraction of sp³-hybridized carbons (Fsp3) is 0.235. The number of anilines is 1. The van der Waals surface area contributed by atoms with Gasteiger partial charge in [-0.15, -0.1) is 0 Å². The molecule has 0 saturated carbocycles. The first-order valence-electron chi connectivity index (χ1n) is 7.94. The fourth-order valence-electron chi connectivity index (χ4n) is 2.64. The molecule has 2 amide bonds. The first-order valence-corrected chi connectivity index (χ1v) is 9.25. The van der Waals surface area contributed by atoms with E-state index in [0.29, 0.717) is 36.9 Å². The van der Waals surface area contributed by atoms with Gasteiger partial charge in [0.15, 0.2) is 11.5 Å². The molecule has 0 aromatic heterocycles. The summed E-state index contributed by atoms with van der Waals surface area (Å²) >= 11 is 0. The van der Waals surface area contributed by atoms with Gasteiger partial charge < -0.3 is 23.9 Å². The van der Waals surface area contributed by atoms with Crippen LogP contribution in [0.4, 0.5) is 14.4 Å². The van der Waals surface area contributed by atoms with Gasteiger partial charge in [0, 0.05) is 11.3 Å².